The standard InChI is InChI=1S/C15H17NO5/c1-3-21-15(19)12-9-16(14(18)13(12)17)8-10-4-6-11(20-2)7-5-10/h4-7,17H,3,8-9H2,1-2H3. The van der Waals surface area contributed by atoms with Gasteiger partial charge in [0.05, 0.1) is 20.3 Å². The van der Waals surface area contributed by atoms with E-state index >= 15 is 0 Å². The third-order valence-corrected chi connectivity index (χ3v) is 3.18. The fourth-order valence-electron chi connectivity index (χ4n) is 2.07. The number of benzene rings is 1. The summed E-state index contributed by atoms with van der Waals surface area (Å²) in [5, 5.41) is 9.75. The number of carbonyl (C=O) groups is 2. The van der Waals surface area contributed by atoms with E-state index in [0.717, 1.165) is 11.3 Å². The number of hydrogen-bond donors (Lipinski definition) is 1. The van der Waals surface area contributed by atoms with Crippen LogP contribution in [-0.2, 0) is 20.9 Å². The molecule has 112 valence electrons. The number of methoxy groups -OCH3 is 1. The van der Waals surface area contributed by atoms with Crippen LogP contribution in [0.3, 0.4) is 0 Å². The second kappa shape index (κ2) is 6.30. The van der Waals surface area contributed by atoms with Crippen LogP contribution in [0.5, 0.6) is 5.75 Å². The van der Waals surface area contributed by atoms with Gasteiger partial charge in [-0.25, -0.2) is 4.79 Å². The monoisotopic (exact) mass is 291 g/mol. The zero-order valence-electron chi connectivity index (χ0n) is 12.0. The summed E-state index contributed by atoms with van der Waals surface area (Å²) < 4.78 is 9.88. The molecule has 1 heterocycles. The van der Waals surface area contributed by atoms with Crippen molar-refractivity contribution in [3.05, 3.63) is 41.2 Å². The van der Waals surface area contributed by atoms with Crippen molar-refractivity contribution >= 4 is 11.9 Å². The largest absolute Gasteiger partial charge is 0.503 e. The number of carbonyl (C=O) groups excluding carboxylic acids is 2. The Labute approximate surface area is 122 Å². The van der Waals surface area contributed by atoms with Crippen LogP contribution in [0, 0.1) is 0 Å². The van der Waals surface area contributed by atoms with E-state index in [1.165, 1.54) is 4.90 Å². The third-order valence-electron chi connectivity index (χ3n) is 3.18. The Morgan fingerprint density at radius 1 is 1.33 bits per heavy atom. The van der Waals surface area contributed by atoms with Crippen LogP contribution in [0.2, 0.25) is 0 Å². The average molecular weight is 291 g/mol. The van der Waals surface area contributed by atoms with Gasteiger partial charge in [-0.15, -0.1) is 0 Å². The minimum Gasteiger partial charge on any atom is -0.503 e. The quantitative estimate of drug-likeness (QED) is 0.830. The van der Waals surface area contributed by atoms with Crippen LogP contribution >= 0.6 is 0 Å². The number of esters is 1. The SMILES string of the molecule is CCOC(=O)C1=C(O)C(=O)N(Cc2ccc(OC)cc2)C1. The maximum Gasteiger partial charge on any atom is 0.339 e. The maximum absolute atomic E-state index is 11.9. The minimum absolute atomic E-state index is 0.00959. The predicted octanol–water partition coefficient (Wildman–Crippen LogP) is 1.41. The lowest BCUT2D eigenvalue weighted by atomic mass is 10.2. The summed E-state index contributed by atoms with van der Waals surface area (Å²) in [5.74, 6) is -1.02. The summed E-state index contributed by atoms with van der Waals surface area (Å²) in [6.07, 6.45) is 0. The van der Waals surface area contributed by atoms with Gasteiger partial charge in [-0.2, -0.15) is 0 Å². The molecule has 1 N–H and O–H groups in total. The molecule has 0 aromatic heterocycles. The van der Waals surface area contributed by atoms with Gasteiger partial charge in [0.1, 0.15) is 11.3 Å². The Morgan fingerprint density at radius 3 is 2.57 bits per heavy atom. The van der Waals surface area contributed by atoms with Gasteiger partial charge in [-0.05, 0) is 24.6 Å². The van der Waals surface area contributed by atoms with E-state index in [0.29, 0.717) is 6.54 Å². The Hall–Kier alpha value is -2.50. The molecule has 21 heavy (non-hydrogen) atoms. The molecule has 0 aliphatic carbocycles. The predicted molar refractivity (Wildman–Crippen MR) is 74.7 cm³/mol. The van der Waals surface area contributed by atoms with Gasteiger partial charge in [-0.3, -0.25) is 4.79 Å². The summed E-state index contributed by atoms with van der Waals surface area (Å²) in [5.41, 5.74) is 0.887. The Kier molecular flexibility index (Phi) is 4.47. The van der Waals surface area contributed by atoms with Crippen LogP contribution in [0.1, 0.15) is 12.5 Å². The van der Waals surface area contributed by atoms with Crippen LogP contribution in [0.4, 0.5) is 0 Å². The molecule has 6 heteroatoms. The molecular formula is C15H17NO5. The van der Waals surface area contributed by atoms with Crippen molar-refractivity contribution in [1.29, 1.82) is 0 Å². The smallest absolute Gasteiger partial charge is 0.339 e. The van der Waals surface area contributed by atoms with Crippen molar-refractivity contribution in [3.8, 4) is 5.75 Å². The van der Waals surface area contributed by atoms with E-state index < -0.39 is 17.6 Å². The topological polar surface area (TPSA) is 76.1 Å². The van der Waals surface area contributed by atoms with Crippen molar-refractivity contribution in [3.63, 3.8) is 0 Å². The highest BCUT2D eigenvalue weighted by molar-refractivity contribution is 6.04. The van der Waals surface area contributed by atoms with Gasteiger partial charge >= 0.3 is 5.97 Å². The van der Waals surface area contributed by atoms with Crippen molar-refractivity contribution < 1.29 is 24.2 Å². The molecule has 0 fully saturated rings. The maximum atomic E-state index is 11.9. The number of hydrogen-bond acceptors (Lipinski definition) is 5. The fourth-order valence-corrected chi connectivity index (χ4v) is 2.07. The van der Waals surface area contributed by atoms with Crippen LogP contribution < -0.4 is 4.74 Å². The zero-order chi connectivity index (χ0) is 15.4. The summed E-state index contributed by atoms with van der Waals surface area (Å²) >= 11 is 0. The molecule has 0 spiro atoms. The summed E-state index contributed by atoms with van der Waals surface area (Å²) in [6.45, 7) is 2.22. The number of amides is 1. The lowest BCUT2D eigenvalue weighted by molar-refractivity contribution is -0.138. The van der Waals surface area contributed by atoms with Crippen LogP contribution in [-0.4, -0.2) is 42.1 Å². The molecule has 1 aliphatic rings. The van der Waals surface area contributed by atoms with Gasteiger partial charge in [0, 0.05) is 6.54 Å². The second-order valence-electron chi connectivity index (χ2n) is 4.56. The van der Waals surface area contributed by atoms with E-state index in [4.69, 9.17) is 9.47 Å². The highest BCUT2D eigenvalue weighted by atomic mass is 16.5. The molecule has 0 saturated carbocycles. The van der Waals surface area contributed by atoms with Crippen molar-refractivity contribution in [2.45, 2.75) is 13.5 Å². The van der Waals surface area contributed by atoms with Crippen molar-refractivity contribution in [2.24, 2.45) is 0 Å². The van der Waals surface area contributed by atoms with E-state index in [1.807, 2.05) is 12.1 Å². The highest BCUT2D eigenvalue weighted by Crippen LogP contribution is 2.21. The zero-order valence-corrected chi connectivity index (χ0v) is 12.0. The number of ether oxygens (including phenoxy) is 2. The number of nitrogens with zero attached hydrogens (tertiary/aromatic N) is 1. The summed E-state index contributed by atoms with van der Waals surface area (Å²) in [6, 6.07) is 7.22. The number of aliphatic hydroxyl groups excluding tert-OH is 1. The lowest BCUT2D eigenvalue weighted by Gasteiger charge is -2.16. The molecule has 0 radical (unpaired) electrons. The molecule has 0 saturated heterocycles. The molecule has 1 amide bonds. The molecule has 6 nitrogen and oxygen atoms in total. The third kappa shape index (κ3) is 3.16. The minimum atomic E-state index is -0.652. The molecule has 0 atom stereocenters. The Morgan fingerprint density at radius 2 is 2.00 bits per heavy atom. The first-order valence-corrected chi connectivity index (χ1v) is 6.58. The summed E-state index contributed by atoms with van der Waals surface area (Å²) in [4.78, 5) is 25.0. The van der Waals surface area contributed by atoms with E-state index in [2.05, 4.69) is 0 Å². The van der Waals surface area contributed by atoms with Crippen molar-refractivity contribution in [1.82, 2.24) is 4.90 Å². The van der Waals surface area contributed by atoms with Gasteiger partial charge < -0.3 is 19.5 Å². The average Bonchev–Trinajstić information content (AvgIpc) is 2.77. The summed E-state index contributed by atoms with van der Waals surface area (Å²) in [7, 11) is 1.58. The highest BCUT2D eigenvalue weighted by Gasteiger charge is 2.34. The van der Waals surface area contributed by atoms with Crippen molar-refractivity contribution in [2.75, 3.05) is 20.3 Å². The number of rotatable bonds is 5. The van der Waals surface area contributed by atoms with Crippen LogP contribution in [0.25, 0.3) is 0 Å². The number of aliphatic hydroxyl groups is 1. The Balaban J connectivity index is 2.06. The Bertz CT molecular complexity index is 576. The molecule has 0 unspecified atom stereocenters. The van der Waals surface area contributed by atoms with Crippen LogP contribution in [0.15, 0.2) is 35.6 Å². The first-order valence-electron chi connectivity index (χ1n) is 6.58. The van der Waals surface area contributed by atoms with Gasteiger partial charge in [0.25, 0.3) is 5.91 Å². The molecule has 1 aromatic rings. The molecule has 0 bridgehead atoms. The molecule has 2 rings (SSSR count). The normalized spacial score (nSPS) is 14.6. The second-order valence-corrected chi connectivity index (χ2v) is 4.56. The first kappa shape index (κ1) is 14.9. The lowest BCUT2D eigenvalue weighted by Crippen LogP contribution is -2.27. The van der Waals surface area contributed by atoms with Gasteiger partial charge in [0.2, 0.25) is 0 Å². The van der Waals surface area contributed by atoms with Gasteiger partial charge in [0.15, 0.2) is 5.76 Å². The fraction of sp³-hybridized carbons (Fsp3) is 0.333. The molecular weight excluding hydrogens is 274 g/mol. The van der Waals surface area contributed by atoms with Gasteiger partial charge in [-0.1, -0.05) is 12.1 Å². The van der Waals surface area contributed by atoms with E-state index in [9.17, 15) is 14.7 Å². The first-order chi connectivity index (χ1) is 10.1. The molecule has 1 aromatic carbocycles. The van der Waals surface area contributed by atoms with E-state index in [-0.39, 0.29) is 18.7 Å². The molecule has 1 aliphatic heterocycles. The van der Waals surface area contributed by atoms with E-state index in [1.54, 1.807) is 26.2 Å².